The van der Waals surface area contributed by atoms with Crippen LogP contribution in [0.3, 0.4) is 0 Å². The van der Waals surface area contributed by atoms with Crippen molar-refractivity contribution in [3.63, 3.8) is 0 Å². The molecule has 0 amide bonds. The summed E-state index contributed by atoms with van der Waals surface area (Å²) in [5, 5.41) is 8.95. The molecule has 2 rings (SSSR count). The number of halogens is 2. The summed E-state index contributed by atoms with van der Waals surface area (Å²) in [6.45, 7) is 5.97. The average Bonchev–Trinajstić information content (AvgIpc) is 2.90. The first kappa shape index (κ1) is 18.3. The van der Waals surface area contributed by atoms with Crippen molar-refractivity contribution >= 4 is 33.2 Å². The topological polar surface area (TPSA) is 73.0 Å². The molecule has 128 valence electrons. The Labute approximate surface area is 145 Å². The molecule has 0 N–H and O–H groups in total. The van der Waals surface area contributed by atoms with Crippen LogP contribution in [0.4, 0.5) is 0 Å². The number of aryl methyl sites for hydroxylation is 3. The average molecular weight is 380 g/mol. The second-order valence-electron chi connectivity index (χ2n) is 5.25. The zero-order chi connectivity index (χ0) is 17.5. The summed E-state index contributed by atoms with van der Waals surface area (Å²) >= 11 is 12.1. The van der Waals surface area contributed by atoms with Gasteiger partial charge in [-0.25, -0.2) is 8.42 Å². The molecule has 0 atom stereocenters. The zero-order valence-electron chi connectivity index (χ0n) is 13.6. The number of hydrogen-bond donors (Lipinski definition) is 0. The Hall–Kier alpha value is -1.09. The fourth-order valence-electron chi connectivity index (χ4n) is 2.44. The van der Waals surface area contributed by atoms with Crippen molar-refractivity contribution in [3.8, 4) is 0 Å². The lowest BCUT2D eigenvalue weighted by atomic mass is 10.4. The van der Waals surface area contributed by atoms with E-state index in [1.807, 2.05) is 6.92 Å². The van der Waals surface area contributed by atoms with Crippen molar-refractivity contribution in [1.82, 2.24) is 23.9 Å². The SMILES string of the molecule is CCn1nc(C)c(S(=O)(=O)N(C)Cc2nn(C)c(Cl)c2Cl)c1C. The van der Waals surface area contributed by atoms with Crippen LogP contribution >= 0.6 is 23.2 Å². The van der Waals surface area contributed by atoms with Gasteiger partial charge in [-0.2, -0.15) is 14.5 Å². The normalized spacial score (nSPS) is 12.3. The summed E-state index contributed by atoms with van der Waals surface area (Å²) < 4.78 is 30.0. The largest absolute Gasteiger partial charge is 0.268 e. The maximum atomic E-state index is 12.9. The van der Waals surface area contributed by atoms with E-state index in [0.29, 0.717) is 23.6 Å². The summed E-state index contributed by atoms with van der Waals surface area (Å²) in [5.74, 6) is 0. The first-order valence-corrected chi connectivity index (χ1v) is 9.18. The van der Waals surface area contributed by atoms with Gasteiger partial charge in [0.2, 0.25) is 10.0 Å². The Bertz CT molecular complexity index is 841. The third-order valence-electron chi connectivity index (χ3n) is 3.64. The van der Waals surface area contributed by atoms with Crippen LogP contribution in [0.1, 0.15) is 24.0 Å². The van der Waals surface area contributed by atoms with E-state index in [1.165, 1.54) is 16.0 Å². The molecule has 7 nitrogen and oxygen atoms in total. The van der Waals surface area contributed by atoms with Crippen LogP contribution in [-0.2, 0) is 30.2 Å². The van der Waals surface area contributed by atoms with Crippen molar-refractivity contribution < 1.29 is 8.42 Å². The molecule has 10 heteroatoms. The fourth-order valence-corrected chi connectivity index (χ4v) is 4.31. The molecule has 0 bridgehead atoms. The summed E-state index contributed by atoms with van der Waals surface area (Å²) in [6, 6.07) is 0. The van der Waals surface area contributed by atoms with Gasteiger partial charge in [-0.05, 0) is 20.8 Å². The quantitative estimate of drug-likeness (QED) is 0.799. The number of sulfonamides is 1. The van der Waals surface area contributed by atoms with Gasteiger partial charge in [-0.15, -0.1) is 0 Å². The summed E-state index contributed by atoms with van der Waals surface area (Å²) in [5.41, 5.74) is 1.49. The van der Waals surface area contributed by atoms with E-state index in [2.05, 4.69) is 10.2 Å². The highest BCUT2D eigenvalue weighted by Gasteiger charge is 2.29. The summed E-state index contributed by atoms with van der Waals surface area (Å²) in [4.78, 5) is 0.222. The van der Waals surface area contributed by atoms with Crippen molar-refractivity contribution in [3.05, 3.63) is 27.3 Å². The third-order valence-corrected chi connectivity index (χ3v) is 6.63. The van der Waals surface area contributed by atoms with Crippen molar-refractivity contribution in [2.45, 2.75) is 38.8 Å². The minimum absolute atomic E-state index is 0.0257. The van der Waals surface area contributed by atoms with Gasteiger partial charge in [0.05, 0.1) is 23.6 Å². The molecule has 0 aliphatic carbocycles. The summed E-state index contributed by atoms with van der Waals surface area (Å²) in [7, 11) is -0.582. The molecule has 23 heavy (non-hydrogen) atoms. The fraction of sp³-hybridized carbons (Fsp3) is 0.538. The van der Waals surface area contributed by atoms with E-state index in [4.69, 9.17) is 23.2 Å². The van der Waals surface area contributed by atoms with Gasteiger partial charge in [0, 0.05) is 20.6 Å². The van der Waals surface area contributed by atoms with Gasteiger partial charge < -0.3 is 0 Å². The Morgan fingerprint density at radius 3 is 2.26 bits per heavy atom. The van der Waals surface area contributed by atoms with Crippen molar-refractivity contribution in [2.24, 2.45) is 7.05 Å². The molecular weight excluding hydrogens is 361 g/mol. The van der Waals surface area contributed by atoms with Crippen LogP contribution in [0.15, 0.2) is 4.90 Å². The van der Waals surface area contributed by atoms with Gasteiger partial charge in [0.1, 0.15) is 15.1 Å². The van der Waals surface area contributed by atoms with Gasteiger partial charge in [0.25, 0.3) is 0 Å². The molecule has 0 unspecified atom stereocenters. The maximum absolute atomic E-state index is 12.9. The zero-order valence-corrected chi connectivity index (χ0v) is 16.0. The Kier molecular flexibility index (Phi) is 5.10. The molecule has 0 saturated heterocycles. The first-order valence-electron chi connectivity index (χ1n) is 6.98. The molecule has 0 aliphatic heterocycles. The molecule has 0 aliphatic rings. The highest BCUT2D eigenvalue weighted by atomic mass is 35.5. The minimum Gasteiger partial charge on any atom is -0.268 e. The van der Waals surface area contributed by atoms with Gasteiger partial charge in [-0.1, -0.05) is 23.2 Å². The predicted molar refractivity (Wildman–Crippen MR) is 89.3 cm³/mol. The van der Waals surface area contributed by atoms with Crippen LogP contribution in [0.2, 0.25) is 10.2 Å². The second-order valence-corrected chi connectivity index (χ2v) is 7.97. The van der Waals surface area contributed by atoms with Crippen LogP contribution in [0.5, 0.6) is 0 Å². The van der Waals surface area contributed by atoms with E-state index < -0.39 is 10.0 Å². The summed E-state index contributed by atoms with van der Waals surface area (Å²) in [6.07, 6.45) is 0. The van der Waals surface area contributed by atoms with E-state index in [-0.39, 0.29) is 21.6 Å². The molecular formula is C13H19Cl2N5O2S. The monoisotopic (exact) mass is 379 g/mol. The van der Waals surface area contributed by atoms with E-state index in [9.17, 15) is 8.42 Å². The van der Waals surface area contributed by atoms with Gasteiger partial charge in [0.15, 0.2) is 0 Å². The van der Waals surface area contributed by atoms with E-state index in [1.54, 1.807) is 25.6 Å². The van der Waals surface area contributed by atoms with Gasteiger partial charge in [-0.3, -0.25) is 9.36 Å². The Balaban J connectivity index is 2.40. The Morgan fingerprint density at radius 1 is 1.22 bits per heavy atom. The van der Waals surface area contributed by atoms with Crippen molar-refractivity contribution in [2.75, 3.05) is 7.05 Å². The van der Waals surface area contributed by atoms with Gasteiger partial charge >= 0.3 is 0 Å². The van der Waals surface area contributed by atoms with Crippen LogP contribution in [-0.4, -0.2) is 39.3 Å². The van der Waals surface area contributed by atoms with Crippen molar-refractivity contribution in [1.29, 1.82) is 0 Å². The second kappa shape index (κ2) is 6.43. The molecule has 2 heterocycles. The maximum Gasteiger partial charge on any atom is 0.246 e. The molecule has 0 saturated carbocycles. The molecule has 0 radical (unpaired) electrons. The lowest BCUT2D eigenvalue weighted by molar-refractivity contribution is 0.459. The van der Waals surface area contributed by atoms with E-state index in [0.717, 1.165) is 0 Å². The molecule has 2 aromatic heterocycles. The first-order chi connectivity index (χ1) is 10.6. The Morgan fingerprint density at radius 2 is 1.83 bits per heavy atom. The number of aromatic nitrogens is 4. The predicted octanol–water partition coefficient (Wildman–Crippen LogP) is 2.38. The minimum atomic E-state index is -3.71. The molecule has 0 aromatic carbocycles. The van der Waals surface area contributed by atoms with Crippen LogP contribution < -0.4 is 0 Å². The number of nitrogens with zero attached hydrogens (tertiary/aromatic N) is 5. The highest BCUT2D eigenvalue weighted by molar-refractivity contribution is 7.89. The third kappa shape index (κ3) is 3.13. The smallest absolute Gasteiger partial charge is 0.246 e. The number of hydrogen-bond acceptors (Lipinski definition) is 4. The standard InChI is InChI=1S/C13H19Cl2N5O2S/c1-6-20-9(3)12(8(2)16-20)23(21,22)18(4)7-10-11(14)13(15)19(5)17-10/h6-7H2,1-5H3. The lowest BCUT2D eigenvalue weighted by Crippen LogP contribution is -2.27. The highest BCUT2D eigenvalue weighted by Crippen LogP contribution is 2.28. The lowest BCUT2D eigenvalue weighted by Gasteiger charge is -2.16. The van der Waals surface area contributed by atoms with Crippen LogP contribution in [0, 0.1) is 13.8 Å². The van der Waals surface area contributed by atoms with E-state index >= 15 is 0 Å². The number of rotatable bonds is 5. The van der Waals surface area contributed by atoms with Crippen LogP contribution in [0.25, 0.3) is 0 Å². The molecule has 0 spiro atoms. The molecule has 0 fully saturated rings. The molecule has 2 aromatic rings.